The summed E-state index contributed by atoms with van der Waals surface area (Å²) in [6, 6.07) is 6.07. The van der Waals surface area contributed by atoms with Crippen LogP contribution in [-0.2, 0) is 4.79 Å². The van der Waals surface area contributed by atoms with Crippen molar-refractivity contribution in [3.05, 3.63) is 29.8 Å². The number of amides is 2. The minimum atomic E-state index is -4.48. The van der Waals surface area contributed by atoms with Crippen molar-refractivity contribution in [2.24, 2.45) is 5.92 Å². The van der Waals surface area contributed by atoms with E-state index in [1.165, 1.54) is 31.4 Å². The Morgan fingerprint density at radius 2 is 1.76 bits per heavy atom. The van der Waals surface area contributed by atoms with Gasteiger partial charge in [0.15, 0.2) is 0 Å². The maximum absolute atomic E-state index is 12.2. The summed E-state index contributed by atoms with van der Waals surface area (Å²) in [7, 11) is 0. The van der Waals surface area contributed by atoms with Crippen LogP contribution in [-0.4, -0.2) is 24.5 Å². The molecule has 1 aliphatic carbocycles. The first-order chi connectivity index (χ1) is 11.8. The number of para-hydroxylation sites is 1. The Kier molecular flexibility index (Phi) is 6.84. The highest BCUT2D eigenvalue weighted by molar-refractivity contribution is 6.03. The van der Waals surface area contributed by atoms with Crippen molar-refractivity contribution >= 4 is 17.5 Å². The summed E-state index contributed by atoms with van der Waals surface area (Å²) < 4.78 is 36.7. The molecule has 0 aromatic heterocycles. The number of alkyl halides is 3. The SMILES string of the molecule is O=C(CCC1CCCCC1)Nc1ccccc1C(=O)NCC(F)(F)F. The van der Waals surface area contributed by atoms with Crippen LogP contribution in [0.3, 0.4) is 0 Å². The van der Waals surface area contributed by atoms with Gasteiger partial charge in [-0.3, -0.25) is 9.59 Å². The lowest BCUT2D eigenvalue weighted by Gasteiger charge is -2.21. The minimum absolute atomic E-state index is 0.0257. The van der Waals surface area contributed by atoms with E-state index in [1.807, 2.05) is 5.32 Å². The number of carbonyl (C=O) groups is 2. The summed E-state index contributed by atoms with van der Waals surface area (Å²) in [6.45, 7) is -1.41. The fourth-order valence-corrected chi connectivity index (χ4v) is 3.09. The van der Waals surface area contributed by atoms with E-state index in [9.17, 15) is 22.8 Å². The molecule has 1 aromatic carbocycles. The van der Waals surface area contributed by atoms with Crippen LogP contribution in [0.1, 0.15) is 55.3 Å². The molecule has 0 aliphatic heterocycles. The first-order valence-corrected chi connectivity index (χ1v) is 8.59. The Hall–Kier alpha value is -2.05. The van der Waals surface area contributed by atoms with Gasteiger partial charge >= 0.3 is 6.18 Å². The zero-order valence-electron chi connectivity index (χ0n) is 14.0. The van der Waals surface area contributed by atoms with Crippen LogP contribution < -0.4 is 10.6 Å². The van der Waals surface area contributed by atoms with Crippen LogP contribution in [0.5, 0.6) is 0 Å². The summed E-state index contributed by atoms with van der Waals surface area (Å²) in [5, 5.41) is 4.47. The van der Waals surface area contributed by atoms with Gasteiger partial charge in [-0.05, 0) is 24.5 Å². The molecule has 0 bridgehead atoms. The Labute approximate surface area is 145 Å². The van der Waals surface area contributed by atoms with E-state index in [0.717, 1.165) is 19.3 Å². The first kappa shape index (κ1) is 19.3. The second kappa shape index (κ2) is 8.87. The van der Waals surface area contributed by atoms with Crippen molar-refractivity contribution in [2.45, 2.75) is 51.1 Å². The Balaban J connectivity index is 1.90. The standard InChI is InChI=1S/C18H23F3N2O2/c19-18(20,21)12-22-17(25)14-8-4-5-9-15(14)23-16(24)11-10-13-6-2-1-3-7-13/h4-5,8-9,13H,1-3,6-7,10-12H2,(H,22,25)(H,23,24). The average molecular weight is 356 g/mol. The molecule has 138 valence electrons. The highest BCUT2D eigenvalue weighted by atomic mass is 19.4. The van der Waals surface area contributed by atoms with E-state index in [1.54, 1.807) is 12.1 Å². The monoisotopic (exact) mass is 356 g/mol. The zero-order valence-corrected chi connectivity index (χ0v) is 14.0. The van der Waals surface area contributed by atoms with E-state index >= 15 is 0 Å². The van der Waals surface area contributed by atoms with Gasteiger partial charge < -0.3 is 10.6 Å². The molecule has 2 amide bonds. The van der Waals surface area contributed by atoms with E-state index < -0.39 is 18.6 Å². The van der Waals surface area contributed by atoms with Gasteiger partial charge in [-0.15, -0.1) is 0 Å². The van der Waals surface area contributed by atoms with Crippen molar-refractivity contribution in [1.82, 2.24) is 5.32 Å². The molecule has 1 aromatic rings. The molecule has 0 heterocycles. The first-order valence-electron chi connectivity index (χ1n) is 8.59. The number of hydrogen-bond donors (Lipinski definition) is 2. The van der Waals surface area contributed by atoms with Crippen LogP contribution in [0, 0.1) is 5.92 Å². The molecule has 1 fully saturated rings. The third-order valence-corrected chi connectivity index (χ3v) is 4.40. The molecule has 4 nitrogen and oxygen atoms in total. The van der Waals surface area contributed by atoms with Crippen molar-refractivity contribution in [3.8, 4) is 0 Å². The molecule has 7 heteroatoms. The Morgan fingerprint density at radius 1 is 1.08 bits per heavy atom. The number of benzene rings is 1. The topological polar surface area (TPSA) is 58.2 Å². The fraction of sp³-hybridized carbons (Fsp3) is 0.556. The van der Waals surface area contributed by atoms with Crippen LogP contribution >= 0.6 is 0 Å². The lowest BCUT2D eigenvalue weighted by Crippen LogP contribution is -2.34. The Morgan fingerprint density at radius 3 is 2.44 bits per heavy atom. The smallest absolute Gasteiger partial charge is 0.343 e. The summed E-state index contributed by atoms with van der Waals surface area (Å²) in [6.07, 6.45) is 2.62. The predicted molar refractivity (Wildman–Crippen MR) is 89.3 cm³/mol. The summed E-state index contributed by atoms with van der Waals surface area (Å²) in [5.74, 6) is -0.521. The highest BCUT2D eigenvalue weighted by Crippen LogP contribution is 2.27. The number of anilines is 1. The molecule has 25 heavy (non-hydrogen) atoms. The summed E-state index contributed by atoms with van der Waals surface area (Å²) >= 11 is 0. The van der Waals surface area contributed by atoms with Gasteiger partial charge in [0.25, 0.3) is 5.91 Å². The van der Waals surface area contributed by atoms with Crippen molar-refractivity contribution in [1.29, 1.82) is 0 Å². The van der Waals surface area contributed by atoms with Crippen LogP contribution in [0.2, 0.25) is 0 Å². The number of carbonyl (C=O) groups excluding carboxylic acids is 2. The second-order valence-corrected chi connectivity index (χ2v) is 6.43. The van der Waals surface area contributed by atoms with Gasteiger partial charge in [0.05, 0.1) is 11.3 Å². The molecule has 1 saturated carbocycles. The molecule has 2 rings (SSSR count). The Bertz CT molecular complexity index is 596. The predicted octanol–water partition coefficient (Wildman–Crippen LogP) is 4.28. The van der Waals surface area contributed by atoms with Gasteiger partial charge in [-0.2, -0.15) is 13.2 Å². The molecular weight excluding hydrogens is 333 g/mol. The van der Waals surface area contributed by atoms with Crippen LogP contribution in [0.4, 0.5) is 18.9 Å². The van der Waals surface area contributed by atoms with E-state index in [2.05, 4.69) is 5.32 Å². The number of nitrogens with one attached hydrogen (secondary N) is 2. The van der Waals surface area contributed by atoms with Gasteiger partial charge in [-0.1, -0.05) is 44.2 Å². The molecular formula is C18H23F3N2O2. The van der Waals surface area contributed by atoms with Crippen molar-refractivity contribution < 1.29 is 22.8 Å². The van der Waals surface area contributed by atoms with Crippen LogP contribution in [0.25, 0.3) is 0 Å². The van der Waals surface area contributed by atoms with Crippen molar-refractivity contribution in [3.63, 3.8) is 0 Å². The van der Waals surface area contributed by atoms with E-state index in [-0.39, 0.29) is 17.2 Å². The second-order valence-electron chi connectivity index (χ2n) is 6.43. The maximum atomic E-state index is 12.2. The van der Waals surface area contributed by atoms with Crippen molar-refractivity contribution in [2.75, 3.05) is 11.9 Å². The number of hydrogen-bond acceptors (Lipinski definition) is 2. The van der Waals surface area contributed by atoms with Gasteiger partial charge in [0.1, 0.15) is 6.54 Å². The maximum Gasteiger partial charge on any atom is 0.405 e. The molecule has 0 saturated heterocycles. The molecule has 0 unspecified atom stereocenters. The molecule has 2 N–H and O–H groups in total. The number of rotatable bonds is 6. The van der Waals surface area contributed by atoms with Gasteiger partial charge in [0, 0.05) is 6.42 Å². The van der Waals surface area contributed by atoms with Gasteiger partial charge in [-0.25, -0.2) is 0 Å². The molecule has 0 radical (unpaired) electrons. The molecule has 1 aliphatic rings. The highest BCUT2D eigenvalue weighted by Gasteiger charge is 2.28. The van der Waals surface area contributed by atoms with Crippen LogP contribution in [0.15, 0.2) is 24.3 Å². The van der Waals surface area contributed by atoms with Gasteiger partial charge in [0.2, 0.25) is 5.91 Å². The summed E-state index contributed by atoms with van der Waals surface area (Å²) in [4.78, 5) is 24.1. The lowest BCUT2D eigenvalue weighted by atomic mass is 9.86. The minimum Gasteiger partial charge on any atom is -0.343 e. The zero-order chi connectivity index (χ0) is 18.3. The quantitative estimate of drug-likeness (QED) is 0.799. The average Bonchev–Trinajstić information content (AvgIpc) is 2.59. The molecule has 0 spiro atoms. The summed E-state index contributed by atoms with van der Waals surface area (Å²) in [5.41, 5.74) is 0.258. The third kappa shape index (κ3) is 6.76. The fourth-order valence-electron chi connectivity index (χ4n) is 3.09. The largest absolute Gasteiger partial charge is 0.405 e. The van der Waals surface area contributed by atoms with E-state index in [4.69, 9.17) is 0 Å². The molecule has 0 atom stereocenters. The number of halogens is 3. The van der Waals surface area contributed by atoms with E-state index in [0.29, 0.717) is 12.3 Å². The normalized spacial score (nSPS) is 15.6. The third-order valence-electron chi connectivity index (χ3n) is 4.40. The lowest BCUT2D eigenvalue weighted by molar-refractivity contribution is -0.123.